The minimum absolute atomic E-state index is 0.430. The first-order valence-electron chi connectivity index (χ1n) is 8.11. The Hall–Kier alpha value is -1.99. The van der Waals surface area contributed by atoms with Gasteiger partial charge in [-0.25, -0.2) is 9.97 Å². The molecule has 1 heterocycles. The number of nitrogen functional groups attached to an aromatic ring is 1. The largest absolute Gasteiger partial charge is 0.381 e. The van der Waals surface area contributed by atoms with Crippen molar-refractivity contribution in [1.82, 2.24) is 9.97 Å². The normalized spacial score (nSPS) is 10.4. The third-order valence-corrected chi connectivity index (χ3v) is 4.01. The van der Waals surface area contributed by atoms with Crippen LogP contribution < -0.4 is 10.6 Å². The minimum atomic E-state index is 0.430. The van der Waals surface area contributed by atoms with Gasteiger partial charge < -0.3 is 10.6 Å². The lowest BCUT2D eigenvalue weighted by atomic mass is 10.1. The first-order chi connectivity index (χ1) is 11.1. The van der Waals surface area contributed by atoms with Gasteiger partial charge in [0.15, 0.2) is 11.6 Å². The van der Waals surface area contributed by atoms with Crippen LogP contribution in [0.15, 0.2) is 12.1 Å². The molecule has 23 heavy (non-hydrogen) atoms. The van der Waals surface area contributed by atoms with Crippen molar-refractivity contribution in [3.05, 3.63) is 22.7 Å². The third kappa shape index (κ3) is 4.05. The fraction of sp³-hybridized carbons (Fsp3) is 0.444. The monoisotopic (exact) mass is 330 g/mol. The lowest BCUT2D eigenvalue weighted by molar-refractivity contribution is 0.828. The van der Waals surface area contributed by atoms with Crippen molar-refractivity contribution in [3.8, 4) is 11.8 Å². The van der Waals surface area contributed by atoms with Gasteiger partial charge in [0.05, 0.1) is 16.1 Å². The number of hydrogen-bond acceptors (Lipinski definition) is 4. The van der Waals surface area contributed by atoms with Gasteiger partial charge in [-0.1, -0.05) is 36.8 Å². The summed E-state index contributed by atoms with van der Waals surface area (Å²) in [7, 11) is 0. The molecular formula is C18H23ClN4. The van der Waals surface area contributed by atoms with Crippen molar-refractivity contribution in [3.63, 3.8) is 0 Å². The van der Waals surface area contributed by atoms with Crippen LogP contribution >= 0.6 is 11.6 Å². The summed E-state index contributed by atoms with van der Waals surface area (Å²) < 4.78 is 0. The smallest absolute Gasteiger partial charge is 0.172 e. The van der Waals surface area contributed by atoms with Crippen LogP contribution in [0.2, 0.25) is 5.02 Å². The van der Waals surface area contributed by atoms with Crippen molar-refractivity contribution in [2.24, 2.45) is 0 Å². The van der Waals surface area contributed by atoms with Crippen molar-refractivity contribution in [1.29, 1.82) is 0 Å². The van der Waals surface area contributed by atoms with E-state index in [4.69, 9.17) is 17.3 Å². The highest BCUT2D eigenvalue weighted by molar-refractivity contribution is 6.32. The van der Waals surface area contributed by atoms with Crippen LogP contribution in [0.25, 0.3) is 11.0 Å². The number of nitrogens with zero attached hydrogens (tertiary/aromatic N) is 3. The number of rotatable bonds is 5. The maximum absolute atomic E-state index is 6.30. The second-order valence-electron chi connectivity index (χ2n) is 5.33. The highest BCUT2D eigenvalue weighted by Gasteiger charge is 2.12. The van der Waals surface area contributed by atoms with Gasteiger partial charge in [0.25, 0.3) is 0 Å². The summed E-state index contributed by atoms with van der Waals surface area (Å²) in [5.74, 6) is 7.45. The quantitative estimate of drug-likeness (QED) is 0.657. The first kappa shape index (κ1) is 17.4. The molecule has 0 spiro atoms. The Morgan fingerprint density at radius 1 is 1.13 bits per heavy atom. The molecule has 0 amide bonds. The Bertz CT molecular complexity index is 742. The Labute approximate surface area is 143 Å². The minimum Gasteiger partial charge on any atom is -0.381 e. The zero-order chi connectivity index (χ0) is 16.8. The maximum Gasteiger partial charge on any atom is 0.172 e. The topological polar surface area (TPSA) is 55.0 Å². The number of halogens is 1. The molecule has 122 valence electrons. The molecule has 0 aliphatic carbocycles. The van der Waals surface area contributed by atoms with E-state index in [1.54, 1.807) is 6.07 Å². The zero-order valence-corrected chi connectivity index (χ0v) is 14.7. The van der Waals surface area contributed by atoms with Gasteiger partial charge in [0, 0.05) is 25.1 Å². The van der Waals surface area contributed by atoms with Crippen molar-refractivity contribution in [2.75, 3.05) is 23.7 Å². The molecule has 1 aromatic heterocycles. The first-order valence-corrected chi connectivity index (χ1v) is 8.49. The number of benzene rings is 1. The molecule has 0 aliphatic rings. The van der Waals surface area contributed by atoms with Gasteiger partial charge in [-0.05, 0) is 32.4 Å². The molecule has 0 fully saturated rings. The van der Waals surface area contributed by atoms with E-state index in [0.29, 0.717) is 16.4 Å². The van der Waals surface area contributed by atoms with Gasteiger partial charge in [-0.2, -0.15) is 0 Å². The summed E-state index contributed by atoms with van der Waals surface area (Å²) in [6.07, 6.45) is 3.11. The second kappa shape index (κ2) is 8.03. The number of hydrogen-bond donors (Lipinski definition) is 1. The Balaban J connectivity index is 2.46. The van der Waals surface area contributed by atoms with Crippen LogP contribution in [-0.4, -0.2) is 23.1 Å². The standard InChI is InChI=1S/C18H23ClN4/c1-4-7-8-9-10-13-11-15-16(12-14(13)19)21-17(20)18(22-15)23(5-2)6-3/h11-12H,4-8H2,1-3H3,(H2,20,21). The summed E-state index contributed by atoms with van der Waals surface area (Å²) in [6.45, 7) is 7.96. The predicted octanol–water partition coefficient (Wildman–Crippen LogP) is 4.25. The number of unbranched alkanes of at least 4 members (excludes halogenated alkanes) is 2. The molecular weight excluding hydrogens is 308 g/mol. The lowest BCUT2D eigenvalue weighted by Crippen LogP contribution is -2.24. The molecule has 2 rings (SSSR count). The van der Waals surface area contributed by atoms with Gasteiger partial charge in [-0.15, -0.1) is 0 Å². The maximum atomic E-state index is 6.30. The van der Waals surface area contributed by atoms with Crippen LogP contribution in [0.1, 0.15) is 45.6 Å². The number of aromatic nitrogens is 2. The molecule has 0 bridgehead atoms. The number of anilines is 2. The number of nitrogens with two attached hydrogens (primary N) is 1. The Kier molecular flexibility index (Phi) is 6.06. The fourth-order valence-corrected chi connectivity index (χ4v) is 2.56. The zero-order valence-electron chi connectivity index (χ0n) is 14.0. The summed E-state index contributed by atoms with van der Waals surface area (Å²) in [5, 5.41) is 0.589. The fourth-order valence-electron chi connectivity index (χ4n) is 2.36. The average Bonchev–Trinajstić information content (AvgIpc) is 2.54. The van der Waals surface area contributed by atoms with Gasteiger partial charge in [-0.3, -0.25) is 0 Å². The molecule has 0 radical (unpaired) electrons. The van der Waals surface area contributed by atoms with E-state index in [9.17, 15) is 0 Å². The Morgan fingerprint density at radius 3 is 2.48 bits per heavy atom. The molecule has 2 aromatic rings. The summed E-state index contributed by atoms with van der Waals surface area (Å²) in [5.41, 5.74) is 8.31. The molecule has 0 atom stereocenters. The second-order valence-corrected chi connectivity index (χ2v) is 5.74. The number of fused-ring (bicyclic) bond motifs is 1. The molecule has 0 saturated heterocycles. The molecule has 0 aliphatic heterocycles. The Morgan fingerprint density at radius 2 is 1.83 bits per heavy atom. The molecule has 5 heteroatoms. The van der Waals surface area contributed by atoms with E-state index in [0.717, 1.165) is 49.2 Å². The highest BCUT2D eigenvalue weighted by Crippen LogP contribution is 2.26. The van der Waals surface area contributed by atoms with Crippen LogP contribution in [0.4, 0.5) is 11.6 Å². The van der Waals surface area contributed by atoms with Crippen molar-refractivity contribution >= 4 is 34.3 Å². The van der Waals surface area contributed by atoms with E-state index < -0.39 is 0 Å². The molecule has 1 aromatic carbocycles. The van der Waals surface area contributed by atoms with E-state index >= 15 is 0 Å². The molecule has 2 N–H and O–H groups in total. The third-order valence-electron chi connectivity index (χ3n) is 3.70. The van der Waals surface area contributed by atoms with Crippen LogP contribution in [0.5, 0.6) is 0 Å². The van der Waals surface area contributed by atoms with Gasteiger partial charge in [0.2, 0.25) is 0 Å². The van der Waals surface area contributed by atoms with Crippen LogP contribution in [0, 0.1) is 11.8 Å². The van der Waals surface area contributed by atoms with E-state index in [2.05, 4.69) is 47.5 Å². The van der Waals surface area contributed by atoms with Crippen LogP contribution in [-0.2, 0) is 0 Å². The van der Waals surface area contributed by atoms with E-state index in [1.165, 1.54) is 0 Å². The van der Waals surface area contributed by atoms with E-state index in [1.807, 2.05) is 6.07 Å². The summed E-state index contributed by atoms with van der Waals surface area (Å²) >= 11 is 6.30. The van der Waals surface area contributed by atoms with Crippen molar-refractivity contribution < 1.29 is 0 Å². The van der Waals surface area contributed by atoms with Crippen LogP contribution in [0.3, 0.4) is 0 Å². The lowest BCUT2D eigenvalue weighted by Gasteiger charge is -2.21. The molecule has 4 nitrogen and oxygen atoms in total. The average molecular weight is 331 g/mol. The predicted molar refractivity (Wildman–Crippen MR) is 98.9 cm³/mol. The SMILES string of the molecule is CCCCC#Cc1cc2nc(N(CC)CC)c(N)nc2cc1Cl. The summed E-state index contributed by atoms with van der Waals surface area (Å²) in [4.78, 5) is 11.2. The van der Waals surface area contributed by atoms with Gasteiger partial charge in [0.1, 0.15) is 0 Å². The highest BCUT2D eigenvalue weighted by atomic mass is 35.5. The molecule has 0 unspecified atom stereocenters. The van der Waals surface area contributed by atoms with Crippen molar-refractivity contribution in [2.45, 2.75) is 40.0 Å². The summed E-state index contributed by atoms with van der Waals surface area (Å²) in [6, 6.07) is 3.69. The van der Waals surface area contributed by atoms with Gasteiger partial charge >= 0.3 is 0 Å². The molecule has 0 saturated carbocycles. The van der Waals surface area contributed by atoms with E-state index in [-0.39, 0.29) is 0 Å².